The minimum atomic E-state index is -3.85. The second kappa shape index (κ2) is 7.83. The van der Waals surface area contributed by atoms with E-state index >= 15 is 0 Å². The van der Waals surface area contributed by atoms with Gasteiger partial charge in [0.05, 0.1) is 12.7 Å². The molecule has 0 spiro atoms. The Morgan fingerprint density at radius 2 is 1.86 bits per heavy atom. The fourth-order valence-electron chi connectivity index (χ4n) is 2.53. The van der Waals surface area contributed by atoms with Crippen LogP contribution in [-0.4, -0.2) is 40.9 Å². The molecule has 0 saturated carbocycles. The summed E-state index contributed by atoms with van der Waals surface area (Å²) in [6.45, 7) is -0.543. The number of nitrogens with one attached hydrogen (secondary N) is 1. The molecule has 0 radical (unpaired) electrons. The zero-order valence-electron chi connectivity index (χ0n) is 15.1. The van der Waals surface area contributed by atoms with Crippen molar-refractivity contribution >= 4 is 32.7 Å². The van der Waals surface area contributed by atoms with Crippen LogP contribution in [0.2, 0.25) is 0 Å². The molecule has 0 saturated heterocycles. The summed E-state index contributed by atoms with van der Waals surface area (Å²) in [5.74, 6) is -1.22. The van der Waals surface area contributed by atoms with Crippen molar-refractivity contribution in [1.29, 1.82) is 0 Å². The summed E-state index contributed by atoms with van der Waals surface area (Å²) in [5, 5.41) is 0.759. The highest BCUT2D eigenvalue weighted by Crippen LogP contribution is 2.25. The van der Waals surface area contributed by atoms with E-state index < -0.39 is 28.4 Å². The molecule has 0 aliphatic carbocycles. The fraction of sp³-hybridized carbons (Fsp3) is 0.158. The van der Waals surface area contributed by atoms with E-state index in [9.17, 15) is 18.0 Å². The molecule has 0 aliphatic rings. The van der Waals surface area contributed by atoms with Gasteiger partial charge in [-0.05, 0) is 37.4 Å². The number of fused-ring (bicyclic) bond motifs is 1. The van der Waals surface area contributed by atoms with Crippen LogP contribution < -0.4 is 9.46 Å². The summed E-state index contributed by atoms with van der Waals surface area (Å²) in [4.78, 5) is 24.3. The predicted octanol–water partition coefficient (Wildman–Crippen LogP) is 2.39. The van der Waals surface area contributed by atoms with Crippen molar-refractivity contribution in [2.24, 2.45) is 0 Å². The van der Waals surface area contributed by atoms with E-state index in [1.54, 1.807) is 24.3 Å². The molecule has 1 heterocycles. The minimum Gasteiger partial charge on any atom is -0.495 e. The highest BCUT2D eigenvalue weighted by molar-refractivity contribution is 7.89. The van der Waals surface area contributed by atoms with E-state index in [1.807, 2.05) is 6.07 Å². The molecule has 1 N–H and O–H groups in total. The van der Waals surface area contributed by atoms with Gasteiger partial charge < -0.3 is 13.9 Å². The average molecular weight is 403 g/mol. The first kappa shape index (κ1) is 19.6. The zero-order valence-corrected chi connectivity index (χ0v) is 15.9. The highest BCUT2D eigenvalue weighted by atomic mass is 32.2. The van der Waals surface area contributed by atoms with Gasteiger partial charge in [-0.25, -0.2) is 17.9 Å². The zero-order chi connectivity index (χ0) is 20.3. The summed E-state index contributed by atoms with van der Waals surface area (Å²) in [5.41, 5.74) is 0.515. The van der Waals surface area contributed by atoms with E-state index in [2.05, 4.69) is 4.72 Å². The first-order chi connectivity index (χ1) is 13.4. The van der Waals surface area contributed by atoms with Gasteiger partial charge in [-0.3, -0.25) is 4.79 Å². The third-order valence-corrected chi connectivity index (χ3v) is 5.43. The lowest BCUT2D eigenvalue weighted by Crippen LogP contribution is -2.20. The van der Waals surface area contributed by atoms with Crippen molar-refractivity contribution in [3.8, 4) is 5.75 Å². The molecule has 1 aromatic heterocycles. The number of sulfonamides is 1. The number of methoxy groups -OCH3 is 1. The maximum absolute atomic E-state index is 12.3. The molecule has 3 aromatic rings. The third-order valence-electron chi connectivity index (χ3n) is 3.99. The molecule has 0 bridgehead atoms. The normalized spacial score (nSPS) is 11.4. The number of ketones is 1. The van der Waals surface area contributed by atoms with Crippen LogP contribution in [0.4, 0.5) is 0 Å². The Hall–Kier alpha value is -3.17. The Morgan fingerprint density at radius 3 is 2.54 bits per heavy atom. The quantitative estimate of drug-likeness (QED) is 0.476. The smallest absolute Gasteiger partial charge is 0.338 e. The van der Waals surface area contributed by atoms with Gasteiger partial charge in [0.25, 0.3) is 0 Å². The van der Waals surface area contributed by atoms with Gasteiger partial charge in [0.15, 0.2) is 12.4 Å². The number of hydrogen-bond donors (Lipinski definition) is 1. The van der Waals surface area contributed by atoms with Crippen LogP contribution in [0.1, 0.15) is 20.9 Å². The molecule has 8 nitrogen and oxygen atoms in total. The highest BCUT2D eigenvalue weighted by Gasteiger charge is 2.21. The molecule has 0 amide bonds. The van der Waals surface area contributed by atoms with Crippen molar-refractivity contribution in [2.75, 3.05) is 20.8 Å². The van der Waals surface area contributed by atoms with Gasteiger partial charge >= 0.3 is 5.97 Å². The van der Waals surface area contributed by atoms with Crippen LogP contribution in [0.25, 0.3) is 11.0 Å². The van der Waals surface area contributed by atoms with Crippen LogP contribution in [0.5, 0.6) is 5.75 Å². The van der Waals surface area contributed by atoms with Gasteiger partial charge in [0.1, 0.15) is 16.2 Å². The Bertz CT molecular complexity index is 1120. The largest absolute Gasteiger partial charge is 0.495 e. The van der Waals surface area contributed by atoms with Crippen molar-refractivity contribution in [3.05, 3.63) is 59.9 Å². The average Bonchev–Trinajstić information content (AvgIpc) is 3.15. The van der Waals surface area contributed by atoms with Crippen LogP contribution in [-0.2, 0) is 14.8 Å². The van der Waals surface area contributed by atoms with Crippen LogP contribution in [0, 0.1) is 0 Å². The lowest BCUT2D eigenvalue weighted by Gasteiger charge is -2.10. The van der Waals surface area contributed by atoms with Gasteiger partial charge in [-0.15, -0.1) is 0 Å². The van der Waals surface area contributed by atoms with E-state index in [-0.39, 0.29) is 22.0 Å². The van der Waals surface area contributed by atoms with Crippen LogP contribution in [0.15, 0.2) is 57.8 Å². The molecular formula is C19H17NO7S. The molecule has 28 heavy (non-hydrogen) atoms. The molecule has 0 atom stereocenters. The van der Waals surface area contributed by atoms with Crippen LogP contribution >= 0.6 is 0 Å². The fourth-order valence-corrected chi connectivity index (χ4v) is 3.45. The SMILES string of the molecule is CNS(=O)(=O)c1cc(C(=O)OCC(=O)c2cc3ccccc3o2)ccc1OC. The number of esters is 1. The van der Waals surface area contributed by atoms with Gasteiger partial charge in [0, 0.05) is 5.39 Å². The molecule has 146 valence electrons. The van der Waals surface area contributed by atoms with E-state index in [1.165, 1.54) is 26.3 Å². The molecule has 0 aliphatic heterocycles. The minimum absolute atomic E-state index is 0.0352. The number of furan rings is 1. The standard InChI is InChI=1S/C19H17NO7S/c1-20-28(23,24)18-10-13(7-8-16(18)25-2)19(22)26-11-14(21)17-9-12-5-3-4-6-15(12)27-17/h3-10,20H,11H2,1-2H3. The number of Topliss-reactive ketones (excluding diaryl/α,β-unsaturated/α-hetero) is 1. The third kappa shape index (κ3) is 3.90. The summed E-state index contributed by atoms with van der Waals surface area (Å²) in [6, 6.07) is 12.5. The first-order valence-corrected chi connectivity index (χ1v) is 9.64. The Kier molecular flexibility index (Phi) is 5.48. The summed E-state index contributed by atoms with van der Waals surface area (Å²) in [7, 11) is -1.30. The number of benzene rings is 2. The summed E-state index contributed by atoms with van der Waals surface area (Å²) < 4.78 is 41.8. The maximum atomic E-state index is 12.3. The van der Waals surface area contributed by atoms with E-state index in [0.29, 0.717) is 5.58 Å². The molecule has 3 rings (SSSR count). The van der Waals surface area contributed by atoms with E-state index in [0.717, 1.165) is 11.5 Å². The molecular weight excluding hydrogens is 386 g/mol. The lowest BCUT2D eigenvalue weighted by atomic mass is 10.2. The molecule has 0 fully saturated rings. The monoisotopic (exact) mass is 403 g/mol. The molecule has 2 aromatic carbocycles. The molecule has 9 heteroatoms. The lowest BCUT2D eigenvalue weighted by molar-refractivity contribution is 0.0468. The van der Waals surface area contributed by atoms with Crippen molar-refractivity contribution in [3.63, 3.8) is 0 Å². The Balaban J connectivity index is 1.75. The predicted molar refractivity (Wildman–Crippen MR) is 100 cm³/mol. The Labute approximate surface area is 161 Å². The van der Waals surface area contributed by atoms with Crippen molar-refractivity contribution in [1.82, 2.24) is 4.72 Å². The second-order valence-corrected chi connectivity index (χ2v) is 7.58. The molecule has 0 unspecified atom stereocenters. The first-order valence-electron chi connectivity index (χ1n) is 8.16. The van der Waals surface area contributed by atoms with Gasteiger partial charge in [-0.2, -0.15) is 0 Å². The number of rotatable bonds is 7. The maximum Gasteiger partial charge on any atom is 0.338 e. The summed E-state index contributed by atoms with van der Waals surface area (Å²) in [6.07, 6.45) is 0. The number of para-hydroxylation sites is 1. The van der Waals surface area contributed by atoms with Gasteiger partial charge in [0.2, 0.25) is 15.8 Å². The van der Waals surface area contributed by atoms with Crippen LogP contribution in [0.3, 0.4) is 0 Å². The number of hydrogen-bond acceptors (Lipinski definition) is 7. The number of carbonyl (C=O) groups is 2. The van der Waals surface area contributed by atoms with Crippen molar-refractivity contribution < 1.29 is 31.9 Å². The van der Waals surface area contributed by atoms with Gasteiger partial charge in [-0.1, -0.05) is 18.2 Å². The topological polar surface area (TPSA) is 112 Å². The van der Waals surface area contributed by atoms with E-state index in [4.69, 9.17) is 13.9 Å². The Morgan fingerprint density at radius 1 is 1.11 bits per heavy atom. The summed E-state index contributed by atoms with van der Waals surface area (Å²) >= 11 is 0. The van der Waals surface area contributed by atoms with Crippen molar-refractivity contribution in [2.45, 2.75) is 4.90 Å². The number of ether oxygens (including phenoxy) is 2. The second-order valence-electron chi connectivity index (χ2n) is 5.72. The number of carbonyl (C=O) groups excluding carboxylic acids is 2.